The van der Waals surface area contributed by atoms with Crippen molar-refractivity contribution >= 4 is 45.4 Å². The molecule has 0 aliphatic carbocycles. The number of thiazole rings is 1. The second-order valence-electron chi connectivity index (χ2n) is 5.43. The fourth-order valence-electron chi connectivity index (χ4n) is 2.19. The molecule has 0 saturated carbocycles. The molecule has 0 aliphatic rings. The number of nitrogens with one attached hydrogen (secondary N) is 1. The molecule has 26 heavy (non-hydrogen) atoms. The van der Waals surface area contributed by atoms with E-state index in [9.17, 15) is 9.59 Å². The molecule has 0 fully saturated rings. The molecule has 0 spiro atoms. The molecule has 2 heterocycles. The fraction of sp³-hybridized carbons (Fsp3) is 0.167. The van der Waals surface area contributed by atoms with Gasteiger partial charge in [0, 0.05) is 11.1 Å². The van der Waals surface area contributed by atoms with Gasteiger partial charge in [0.2, 0.25) is 0 Å². The van der Waals surface area contributed by atoms with Crippen LogP contribution < -0.4 is 11.1 Å². The molecule has 0 radical (unpaired) electrons. The van der Waals surface area contributed by atoms with Gasteiger partial charge in [-0.05, 0) is 42.1 Å². The van der Waals surface area contributed by atoms with Crippen LogP contribution >= 0.6 is 22.7 Å². The first-order chi connectivity index (χ1) is 12.6. The average molecular weight is 387 g/mol. The lowest BCUT2D eigenvalue weighted by molar-refractivity contribution is -0.124. The van der Waals surface area contributed by atoms with Crippen LogP contribution in [0.2, 0.25) is 0 Å². The Balaban J connectivity index is 1.63. The minimum absolute atomic E-state index is 0.347. The molecule has 3 N–H and O–H groups in total. The normalized spacial score (nSPS) is 11.7. The highest BCUT2D eigenvalue weighted by molar-refractivity contribution is 7.16. The molecule has 2 aromatic heterocycles. The van der Waals surface area contributed by atoms with Crippen LogP contribution in [0.1, 0.15) is 23.7 Å². The number of nitrogens with zero attached hydrogens (tertiary/aromatic N) is 1. The molecule has 0 saturated heterocycles. The van der Waals surface area contributed by atoms with Crippen molar-refractivity contribution in [1.82, 2.24) is 4.98 Å². The quantitative estimate of drug-likeness (QED) is 0.492. The van der Waals surface area contributed by atoms with Gasteiger partial charge in [0.25, 0.3) is 5.91 Å². The highest BCUT2D eigenvalue weighted by atomic mass is 32.1. The van der Waals surface area contributed by atoms with Gasteiger partial charge >= 0.3 is 5.97 Å². The smallest absolute Gasteiger partial charge is 0.338 e. The van der Waals surface area contributed by atoms with Gasteiger partial charge in [0.1, 0.15) is 0 Å². The average Bonchev–Trinajstić information content (AvgIpc) is 3.31. The van der Waals surface area contributed by atoms with E-state index in [4.69, 9.17) is 10.5 Å². The number of benzene rings is 1. The van der Waals surface area contributed by atoms with Gasteiger partial charge in [0.05, 0.1) is 16.1 Å². The number of hydrogen-bond donors (Lipinski definition) is 2. The maximum absolute atomic E-state index is 12.4. The van der Waals surface area contributed by atoms with Gasteiger partial charge in [-0.15, -0.1) is 22.7 Å². The SMILES string of the molecule is CCC(OC(=O)c1ccc(N)cc1)C(=O)Nc1nc(-c2cccs2)cs1. The summed E-state index contributed by atoms with van der Waals surface area (Å²) in [5, 5.41) is 7.04. The lowest BCUT2D eigenvalue weighted by Crippen LogP contribution is -2.32. The summed E-state index contributed by atoms with van der Waals surface area (Å²) in [6, 6.07) is 10.3. The summed E-state index contributed by atoms with van der Waals surface area (Å²) in [5.74, 6) is -0.964. The second kappa shape index (κ2) is 8.11. The summed E-state index contributed by atoms with van der Waals surface area (Å²) < 4.78 is 5.33. The Morgan fingerprint density at radius 3 is 2.65 bits per heavy atom. The number of amides is 1. The Hall–Kier alpha value is -2.71. The summed E-state index contributed by atoms with van der Waals surface area (Å²) in [6.45, 7) is 1.78. The van der Waals surface area contributed by atoms with Crippen LogP contribution in [-0.4, -0.2) is 23.0 Å². The first kappa shape index (κ1) is 18.1. The largest absolute Gasteiger partial charge is 0.449 e. The fourth-order valence-corrected chi connectivity index (χ4v) is 3.67. The van der Waals surface area contributed by atoms with Crippen LogP contribution in [-0.2, 0) is 9.53 Å². The molecule has 1 amide bonds. The van der Waals surface area contributed by atoms with Crippen molar-refractivity contribution in [3.8, 4) is 10.6 Å². The number of hydrogen-bond acceptors (Lipinski definition) is 7. The zero-order chi connectivity index (χ0) is 18.5. The lowest BCUT2D eigenvalue weighted by atomic mass is 10.2. The molecule has 0 aliphatic heterocycles. The van der Waals surface area contributed by atoms with Crippen LogP contribution in [0.5, 0.6) is 0 Å². The molecular formula is C18H17N3O3S2. The molecule has 3 rings (SSSR count). The van der Waals surface area contributed by atoms with E-state index in [1.54, 1.807) is 42.5 Å². The molecule has 1 aromatic carbocycles. The number of thiophene rings is 1. The number of nitrogens with two attached hydrogens (primary N) is 1. The maximum atomic E-state index is 12.4. The minimum Gasteiger partial charge on any atom is -0.449 e. The summed E-state index contributed by atoms with van der Waals surface area (Å²) in [4.78, 5) is 30.0. The number of anilines is 2. The zero-order valence-electron chi connectivity index (χ0n) is 14.0. The number of aromatic nitrogens is 1. The van der Waals surface area contributed by atoms with Gasteiger partial charge in [-0.25, -0.2) is 9.78 Å². The predicted octanol–water partition coefficient (Wildman–Crippen LogP) is 4.03. The number of carbonyl (C=O) groups excluding carboxylic acids is 2. The Bertz CT molecular complexity index is 889. The first-order valence-electron chi connectivity index (χ1n) is 7.93. The zero-order valence-corrected chi connectivity index (χ0v) is 15.6. The van der Waals surface area contributed by atoms with Crippen molar-refractivity contribution in [3.63, 3.8) is 0 Å². The molecule has 3 aromatic rings. The van der Waals surface area contributed by atoms with Crippen molar-refractivity contribution in [1.29, 1.82) is 0 Å². The molecule has 0 bridgehead atoms. The monoisotopic (exact) mass is 387 g/mol. The highest BCUT2D eigenvalue weighted by Crippen LogP contribution is 2.28. The van der Waals surface area contributed by atoms with Crippen molar-refractivity contribution in [2.45, 2.75) is 19.4 Å². The summed E-state index contributed by atoms with van der Waals surface area (Å²) in [6.07, 6.45) is -0.537. The third kappa shape index (κ3) is 4.27. The Morgan fingerprint density at radius 1 is 1.23 bits per heavy atom. The first-order valence-corrected chi connectivity index (χ1v) is 9.69. The van der Waals surface area contributed by atoms with E-state index < -0.39 is 18.0 Å². The summed E-state index contributed by atoms with van der Waals surface area (Å²) >= 11 is 2.91. The number of rotatable bonds is 6. The van der Waals surface area contributed by atoms with Crippen LogP contribution in [0.4, 0.5) is 10.8 Å². The van der Waals surface area contributed by atoms with E-state index in [-0.39, 0.29) is 0 Å². The molecule has 8 heteroatoms. The third-order valence-corrected chi connectivity index (χ3v) is 5.22. The summed E-state index contributed by atoms with van der Waals surface area (Å²) in [5.41, 5.74) is 7.32. The van der Waals surface area contributed by atoms with E-state index in [2.05, 4.69) is 10.3 Å². The number of carbonyl (C=O) groups is 2. The van der Waals surface area contributed by atoms with E-state index in [0.29, 0.717) is 22.8 Å². The maximum Gasteiger partial charge on any atom is 0.338 e. The standard InChI is InChI=1S/C18H17N3O3S2/c1-2-14(24-17(23)11-5-7-12(19)8-6-11)16(22)21-18-20-13(10-26-18)15-4-3-9-25-15/h3-10,14H,2,19H2,1H3,(H,20,21,22). The van der Waals surface area contributed by atoms with Crippen molar-refractivity contribution < 1.29 is 14.3 Å². The number of nitrogen functional groups attached to an aromatic ring is 1. The second-order valence-corrected chi connectivity index (χ2v) is 7.23. The minimum atomic E-state index is -0.894. The molecule has 1 unspecified atom stereocenters. The third-order valence-electron chi connectivity index (χ3n) is 3.57. The van der Waals surface area contributed by atoms with Crippen molar-refractivity contribution in [2.75, 3.05) is 11.1 Å². The number of esters is 1. The molecule has 1 atom stereocenters. The lowest BCUT2D eigenvalue weighted by Gasteiger charge is -2.15. The van der Waals surface area contributed by atoms with Crippen LogP contribution in [0.25, 0.3) is 10.6 Å². The van der Waals surface area contributed by atoms with E-state index in [1.807, 2.05) is 22.9 Å². The van der Waals surface area contributed by atoms with E-state index in [1.165, 1.54) is 11.3 Å². The van der Waals surface area contributed by atoms with E-state index in [0.717, 1.165) is 10.6 Å². The number of ether oxygens (including phenoxy) is 1. The summed E-state index contributed by atoms with van der Waals surface area (Å²) in [7, 11) is 0. The molecular weight excluding hydrogens is 370 g/mol. The van der Waals surface area contributed by atoms with Gasteiger partial charge in [0.15, 0.2) is 11.2 Å². The molecule has 134 valence electrons. The topological polar surface area (TPSA) is 94.3 Å². The van der Waals surface area contributed by atoms with Gasteiger partial charge in [-0.2, -0.15) is 0 Å². The highest BCUT2D eigenvalue weighted by Gasteiger charge is 2.23. The van der Waals surface area contributed by atoms with Gasteiger partial charge in [-0.3, -0.25) is 10.1 Å². The Labute approximate surface area is 158 Å². The van der Waals surface area contributed by atoms with Crippen LogP contribution in [0.3, 0.4) is 0 Å². The van der Waals surface area contributed by atoms with Gasteiger partial charge in [-0.1, -0.05) is 13.0 Å². The van der Waals surface area contributed by atoms with Gasteiger partial charge < -0.3 is 10.5 Å². The molecule has 6 nitrogen and oxygen atoms in total. The Morgan fingerprint density at radius 2 is 2.00 bits per heavy atom. The van der Waals surface area contributed by atoms with Crippen LogP contribution in [0, 0.1) is 0 Å². The van der Waals surface area contributed by atoms with E-state index >= 15 is 0 Å². The van der Waals surface area contributed by atoms with Crippen molar-refractivity contribution in [3.05, 3.63) is 52.7 Å². The van der Waals surface area contributed by atoms with Crippen molar-refractivity contribution in [2.24, 2.45) is 0 Å². The Kier molecular flexibility index (Phi) is 5.65. The predicted molar refractivity (Wildman–Crippen MR) is 104 cm³/mol. The van der Waals surface area contributed by atoms with Crippen LogP contribution in [0.15, 0.2) is 47.2 Å².